The molecule has 2 N–H and O–H groups in total. The third kappa shape index (κ3) is 2.59. The lowest BCUT2D eigenvalue weighted by molar-refractivity contribution is -0.0980. The first kappa shape index (κ1) is 14.6. The highest BCUT2D eigenvalue weighted by Gasteiger charge is 2.49. The quantitative estimate of drug-likeness (QED) is 0.869. The Bertz CT molecular complexity index is 664. The van der Waals surface area contributed by atoms with Crippen molar-refractivity contribution in [2.45, 2.75) is 49.9 Å². The van der Waals surface area contributed by atoms with E-state index in [0.717, 1.165) is 42.7 Å². The molecule has 1 spiro atoms. The summed E-state index contributed by atoms with van der Waals surface area (Å²) in [5, 5.41) is 14.7. The number of aliphatic hydroxyl groups is 1. The van der Waals surface area contributed by atoms with E-state index in [9.17, 15) is 5.11 Å². The molecule has 2 atom stereocenters. The highest BCUT2D eigenvalue weighted by Crippen LogP contribution is 2.47. The lowest BCUT2D eigenvalue weighted by Crippen LogP contribution is -2.55. The number of nitrogens with one attached hydrogen (secondary N) is 1. The molecule has 0 unspecified atom stereocenters. The Balaban J connectivity index is 1.72. The molecule has 1 fully saturated rings. The highest BCUT2D eigenvalue weighted by atomic mass is 16.5. The van der Waals surface area contributed by atoms with Crippen molar-refractivity contribution in [3.05, 3.63) is 60.2 Å². The summed E-state index contributed by atoms with van der Waals surface area (Å²) in [6.45, 7) is 0. The van der Waals surface area contributed by atoms with E-state index in [0.29, 0.717) is 0 Å². The predicted octanol–water partition coefficient (Wildman–Crippen LogP) is 4.30. The van der Waals surface area contributed by atoms with Crippen LogP contribution in [0.4, 0.5) is 5.69 Å². The van der Waals surface area contributed by atoms with E-state index >= 15 is 0 Å². The third-order valence-electron chi connectivity index (χ3n) is 5.22. The lowest BCUT2D eigenvalue weighted by atomic mass is 9.75. The van der Waals surface area contributed by atoms with Crippen LogP contribution in [-0.4, -0.2) is 16.8 Å². The largest absolute Gasteiger partial charge is 0.484 e. The van der Waals surface area contributed by atoms with Crippen molar-refractivity contribution in [2.24, 2.45) is 0 Å². The van der Waals surface area contributed by atoms with Gasteiger partial charge in [-0.25, -0.2) is 0 Å². The molecule has 120 valence electrons. The maximum absolute atomic E-state index is 11.2. The molecule has 23 heavy (non-hydrogen) atoms. The fourth-order valence-electron chi connectivity index (χ4n) is 4.00. The maximum atomic E-state index is 11.2. The first-order valence-corrected chi connectivity index (χ1v) is 8.56. The van der Waals surface area contributed by atoms with E-state index in [1.54, 1.807) is 0 Å². The summed E-state index contributed by atoms with van der Waals surface area (Å²) in [7, 11) is 0. The van der Waals surface area contributed by atoms with E-state index in [1.165, 1.54) is 6.42 Å². The minimum atomic E-state index is -0.544. The molecule has 0 amide bonds. The van der Waals surface area contributed by atoms with Crippen LogP contribution in [-0.2, 0) is 0 Å². The van der Waals surface area contributed by atoms with Crippen LogP contribution >= 0.6 is 0 Å². The van der Waals surface area contributed by atoms with Crippen molar-refractivity contribution in [1.82, 2.24) is 0 Å². The van der Waals surface area contributed by atoms with Gasteiger partial charge in [0, 0.05) is 11.3 Å². The zero-order chi connectivity index (χ0) is 15.7. The maximum Gasteiger partial charge on any atom is 0.137 e. The second kappa shape index (κ2) is 5.89. The Kier molecular flexibility index (Phi) is 3.74. The average molecular weight is 309 g/mol. The molecule has 1 aliphatic heterocycles. The second-order valence-corrected chi connectivity index (χ2v) is 6.70. The van der Waals surface area contributed by atoms with Gasteiger partial charge in [-0.05, 0) is 43.9 Å². The van der Waals surface area contributed by atoms with Crippen LogP contribution in [0.2, 0.25) is 0 Å². The number of anilines is 1. The summed E-state index contributed by atoms with van der Waals surface area (Å²) >= 11 is 0. The molecule has 4 rings (SSSR count). The second-order valence-electron chi connectivity index (χ2n) is 6.70. The molecule has 0 radical (unpaired) electrons. The van der Waals surface area contributed by atoms with Crippen LogP contribution in [0.15, 0.2) is 54.6 Å². The molecule has 2 aliphatic rings. The zero-order valence-corrected chi connectivity index (χ0v) is 13.2. The Labute approximate surface area is 137 Å². The number of para-hydroxylation sites is 2. The van der Waals surface area contributed by atoms with Crippen molar-refractivity contribution in [3.8, 4) is 5.75 Å². The molecule has 2 aromatic carbocycles. The first-order chi connectivity index (χ1) is 11.3. The predicted molar refractivity (Wildman–Crippen MR) is 91.7 cm³/mol. The van der Waals surface area contributed by atoms with Gasteiger partial charge in [-0.1, -0.05) is 42.8 Å². The van der Waals surface area contributed by atoms with Crippen molar-refractivity contribution in [2.75, 3.05) is 5.32 Å². The van der Waals surface area contributed by atoms with Gasteiger partial charge in [-0.2, -0.15) is 0 Å². The van der Waals surface area contributed by atoms with Gasteiger partial charge in [-0.15, -0.1) is 0 Å². The van der Waals surface area contributed by atoms with Crippen molar-refractivity contribution in [3.63, 3.8) is 0 Å². The molecular formula is C20H23NO2. The SMILES string of the molecule is O[C@H]1[C@H](Nc2ccccc2)c2ccccc2OC12CCCCC2. The topological polar surface area (TPSA) is 41.5 Å². The van der Waals surface area contributed by atoms with Crippen molar-refractivity contribution >= 4 is 5.69 Å². The Morgan fingerprint density at radius 1 is 0.913 bits per heavy atom. The van der Waals surface area contributed by atoms with Crippen LogP contribution < -0.4 is 10.1 Å². The van der Waals surface area contributed by atoms with Gasteiger partial charge in [0.15, 0.2) is 0 Å². The highest BCUT2D eigenvalue weighted by molar-refractivity contribution is 5.50. The van der Waals surface area contributed by atoms with E-state index in [-0.39, 0.29) is 6.04 Å². The van der Waals surface area contributed by atoms with E-state index < -0.39 is 11.7 Å². The van der Waals surface area contributed by atoms with Crippen LogP contribution in [0, 0.1) is 0 Å². The van der Waals surface area contributed by atoms with E-state index in [4.69, 9.17) is 4.74 Å². The molecule has 0 saturated heterocycles. The number of hydrogen-bond donors (Lipinski definition) is 2. The Morgan fingerprint density at radius 3 is 2.39 bits per heavy atom. The summed E-state index contributed by atoms with van der Waals surface area (Å²) in [5.41, 5.74) is 1.62. The minimum Gasteiger partial charge on any atom is -0.484 e. The third-order valence-corrected chi connectivity index (χ3v) is 5.22. The molecule has 1 saturated carbocycles. The standard InChI is InChI=1S/C20H23NO2/c22-19-18(21-15-9-3-1-4-10-15)16-11-5-6-12-17(16)23-20(19)13-7-2-8-14-20/h1,3-6,9-12,18-19,21-22H,2,7-8,13-14H2/t18-,19+/m1/s1. The number of benzene rings is 2. The summed E-state index contributed by atoms with van der Waals surface area (Å²) in [6.07, 6.45) is 4.79. The first-order valence-electron chi connectivity index (χ1n) is 8.56. The van der Waals surface area contributed by atoms with Gasteiger partial charge in [0.25, 0.3) is 0 Å². The minimum absolute atomic E-state index is 0.138. The fraction of sp³-hybridized carbons (Fsp3) is 0.400. The van der Waals surface area contributed by atoms with Crippen LogP contribution in [0.3, 0.4) is 0 Å². The van der Waals surface area contributed by atoms with Gasteiger partial charge < -0.3 is 15.2 Å². The Morgan fingerprint density at radius 2 is 1.61 bits per heavy atom. The molecular weight excluding hydrogens is 286 g/mol. The monoisotopic (exact) mass is 309 g/mol. The number of fused-ring (bicyclic) bond motifs is 1. The lowest BCUT2D eigenvalue weighted by Gasteiger charge is -2.48. The van der Waals surface area contributed by atoms with Gasteiger partial charge in [0.1, 0.15) is 17.5 Å². The molecule has 2 aromatic rings. The molecule has 0 bridgehead atoms. The van der Waals surface area contributed by atoms with Crippen LogP contribution in [0.5, 0.6) is 5.75 Å². The molecule has 3 heteroatoms. The van der Waals surface area contributed by atoms with Crippen LogP contribution in [0.25, 0.3) is 0 Å². The molecule has 1 heterocycles. The molecule has 0 aromatic heterocycles. The number of aliphatic hydroxyl groups excluding tert-OH is 1. The number of rotatable bonds is 2. The van der Waals surface area contributed by atoms with Gasteiger partial charge >= 0.3 is 0 Å². The van der Waals surface area contributed by atoms with Crippen molar-refractivity contribution in [1.29, 1.82) is 0 Å². The van der Waals surface area contributed by atoms with E-state index in [2.05, 4.69) is 11.4 Å². The zero-order valence-electron chi connectivity index (χ0n) is 13.2. The number of hydrogen-bond acceptors (Lipinski definition) is 3. The average Bonchev–Trinajstić information content (AvgIpc) is 2.61. The summed E-state index contributed by atoms with van der Waals surface area (Å²) in [6, 6.07) is 18.1. The summed E-state index contributed by atoms with van der Waals surface area (Å²) in [4.78, 5) is 0. The van der Waals surface area contributed by atoms with Gasteiger partial charge in [-0.3, -0.25) is 0 Å². The number of ether oxygens (including phenoxy) is 1. The van der Waals surface area contributed by atoms with Gasteiger partial charge in [0.05, 0.1) is 6.04 Å². The molecule has 1 aliphatic carbocycles. The Hall–Kier alpha value is -2.00. The summed E-state index contributed by atoms with van der Waals surface area (Å²) < 4.78 is 6.35. The van der Waals surface area contributed by atoms with Crippen molar-refractivity contribution < 1.29 is 9.84 Å². The fourth-order valence-corrected chi connectivity index (χ4v) is 4.00. The normalized spacial score (nSPS) is 25.4. The van der Waals surface area contributed by atoms with Gasteiger partial charge in [0.2, 0.25) is 0 Å². The van der Waals surface area contributed by atoms with E-state index in [1.807, 2.05) is 48.5 Å². The smallest absolute Gasteiger partial charge is 0.137 e. The summed E-state index contributed by atoms with van der Waals surface area (Å²) in [5.74, 6) is 0.910. The molecule has 3 nitrogen and oxygen atoms in total. The van der Waals surface area contributed by atoms with Crippen LogP contribution in [0.1, 0.15) is 43.7 Å².